The Morgan fingerprint density at radius 3 is 2.40 bits per heavy atom. The minimum Gasteiger partial charge on any atom is -0.370 e. The molecule has 0 saturated carbocycles. The van der Waals surface area contributed by atoms with Gasteiger partial charge in [0.1, 0.15) is 0 Å². The molecule has 6 nitrogen and oxygen atoms in total. The molecule has 154 valence electrons. The van der Waals surface area contributed by atoms with Gasteiger partial charge >= 0.3 is 0 Å². The number of rotatable bonds is 4. The zero-order valence-corrected chi connectivity index (χ0v) is 17.5. The van der Waals surface area contributed by atoms with Crippen molar-refractivity contribution in [3.05, 3.63) is 81.2 Å². The van der Waals surface area contributed by atoms with Crippen LogP contribution in [0.15, 0.2) is 59.4 Å². The highest BCUT2D eigenvalue weighted by Crippen LogP contribution is 2.28. The molecule has 7 heteroatoms. The summed E-state index contributed by atoms with van der Waals surface area (Å²) in [6.45, 7) is 3.66. The van der Waals surface area contributed by atoms with Gasteiger partial charge in [0.05, 0.1) is 22.1 Å². The van der Waals surface area contributed by atoms with Gasteiger partial charge in [0.25, 0.3) is 5.91 Å². The zero-order valence-electron chi connectivity index (χ0n) is 16.8. The monoisotopic (exact) mass is 422 g/mol. The van der Waals surface area contributed by atoms with Crippen molar-refractivity contribution in [2.75, 3.05) is 23.3 Å². The Bertz CT molecular complexity index is 1140. The highest BCUT2D eigenvalue weighted by atomic mass is 35.5. The summed E-state index contributed by atoms with van der Waals surface area (Å²) in [5.74, 6) is -0.537. The third-order valence-electron chi connectivity index (χ3n) is 5.25. The molecule has 0 spiro atoms. The molecule has 0 atom stereocenters. The second kappa shape index (κ2) is 8.71. The number of anilines is 2. The SMILES string of the molecule is Cc1cc(=O)c(C(=O)Nc2ccccc2N2CCCCC2)nn1-c1ccccc1Cl. The van der Waals surface area contributed by atoms with Crippen molar-refractivity contribution in [2.45, 2.75) is 26.2 Å². The maximum atomic E-state index is 13.0. The van der Waals surface area contributed by atoms with E-state index in [1.807, 2.05) is 36.4 Å². The Morgan fingerprint density at radius 2 is 1.67 bits per heavy atom. The van der Waals surface area contributed by atoms with Gasteiger partial charge in [-0.05, 0) is 50.5 Å². The third-order valence-corrected chi connectivity index (χ3v) is 5.57. The van der Waals surface area contributed by atoms with Crippen molar-refractivity contribution >= 4 is 28.9 Å². The molecule has 2 heterocycles. The van der Waals surface area contributed by atoms with Crippen molar-refractivity contribution in [1.82, 2.24) is 9.78 Å². The summed E-state index contributed by atoms with van der Waals surface area (Å²) in [6.07, 6.45) is 3.48. The minimum absolute atomic E-state index is 0.172. The minimum atomic E-state index is -0.537. The molecule has 2 aromatic carbocycles. The number of halogens is 1. The Balaban J connectivity index is 1.68. The van der Waals surface area contributed by atoms with Gasteiger partial charge in [-0.25, -0.2) is 4.68 Å². The summed E-state index contributed by atoms with van der Waals surface area (Å²) >= 11 is 6.29. The van der Waals surface area contributed by atoms with Crippen LogP contribution in [0.2, 0.25) is 5.02 Å². The number of aromatic nitrogens is 2. The molecule has 1 fully saturated rings. The Morgan fingerprint density at radius 1 is 1.00 bits per heavy atom. The highest BCUT2D eigenvalue weighted by molar-refractivity contribution is 6.32. The predicted molar refractivity (Wildman–Crippen MR) is 120 cm³/mol. The number of carbonyl (C=O) groups excluding carboxylic acids is 1. The smallest absolute Gasteiger partial charge is 0.280 e. The summed E-state index contributed by atoms with van der Waals surface area (Å²) in [4.78, 5) is 27.8. The quantitative estimate of drug-likeness (QED) is 0.675. The number of aryl methyl sites for hydroxylation is 1. The number of nitrogens with zero attached hydrogens (tertiary/aromatic N) is 3. The summed E-state index contributed by atoms with van der Waals surface area (Å²) in [5, 5.41) is 7.71. The van der Waals surface area contributed by atoms with Gasteiger partial charge in [-0.3, -0.25) is 9.59 Å². The fourth-order valence-corrected chi connectivity index (χ4v) is 3.96. The lowest BCUT2D eigenvalue weighted by atomic mass is 10.1. The van der Waals surface area contributed by atoms with Crippen LogP contribution in [0.1, 0.15) is 35.4 Å². The topological polar surface area (TPSA) is 67.2 Å². The van der Waals surface area contributed by atoms with Gasteiger partial charge in [-0.1, -0.05) is 35.9 Å². The van der Waals surface area contributed by atoms with Crippen molar-refractivity contribution in [3.8, 4) is 5.69 Å². The van der Waals surface area contributed by atoms with Crippen molar-refractivity contribution < 1.29 is 4.79 Å². The number of piperidine rings is 1. The lowest BCUT2D eigenvalue weighted by Gasteiger charge is -2.30. The molecule has 1 amide bonds. The van der Waals surface area contributed by atoms with Crippen LogP contribution in [0, 0.1) is 6.92 Å². The molecule has 1 saturated heterocycles. The van der Waals surface area contributed by atoms with Crippen molar-refractivity contribution in [2.24, 2.45) is 0 Å². The van der Waals surface area contributed by atoms with E-state index in [0.29, 0.717) is 22.1 Å². The first kappa shape index (κ1) is 20.2. The first-order valence-corrected chi connectivity index (χ1v) is 10.4. The molecule has 4 rings (SSSR count). The molecule has 0 aliphatic carbocycles. The van der Waals surface area contributed by atoms with Crippen LogP contribution in [0.3, 0.4) is 0 Å². The maximum absolute atomic E-state index is 13.0. The number of carbonyl (C=O) groups is 1. The average molecular weight is 423 g/mol. The van der Waals surface area contributed by atoms with Crippen LogP contribution in [-0.2, 0) is 0 Å². The predicted octanol–water partition coefficient (Wildman–Crippen LogP) is 4.44. The Kier molecular flexibility index (Phi) is 5.86. The fraction of sp³-hybridized carbons (Fsp3) is 0.261. The van der Waals surface area contributed by atoms with Crippen molar-refractivity contribution in [3.63, 3.8) is 0 Å². The molecular weight excluding hydrogens is 400 g/mol. The van der Waals surface area contributed by atoms with Crippen LogP contribution in [0.25, 0.3) is 5.69 Å². The van der Waals surface area contributed by atoms with E-state index in [0.717, 1.165) is 31.6 Å². The largest absolute Gasteiger partial charge is 0.370 e. The van der Waals surface area contributed by atoms with Crippen LogP contribution in [0.5, 0.6) is 0 Å². The van der Waals surface area contributed by atoms with Gasteiger partial charge in [0, 0.05) is 24.8 Å². The number of amides is 1. The first-order chi connectivity index (χ1) is 14.5. The molecule has 0 unspecified atom stereocenters. The fourth-order valence-electron chi connectivity index (χ4n) is 3.74. The van der Waals surface area contributed by atoms with Crippen molar-refractivity contribution in [1.29, 1.82) is 0 Å². The maximum Gasteiger partial charge on any atom is 0.280 e. The molecule has 0 radical (unpaired) electrons. The van der Waals surface area contributed by atoms with Gasteiger partial charge in [0.15, 0.2) is 5.69 Å². The van der Waals surface area contributed by atoms with Crippen LogP contribution >= 0.6 is 11.6 Å². The third kappa shape index (κ3) is 4.09. The van der Waals surface area contributed by atoms with E-state index >= 15 is 0 Å². The second-order valence-corrected chi connectivity index (χ2v) is 7.79. The molecule has 1 aliphatic heterocycles. The van der Waals surface area contributed by atoms with E-state index < -0.39 is 11.3 Å². The number of para-hydroxylation sites is 3. The summed E-state index contributed by atoms with van der Waals surface area (Å²) < 4.78 is 1.52. The van der Waals surface area contributed by atoms with E-state index in [1.165, 1.54) is 17.2 Å². The zero-order chi connectivity index (χ0) is 21.1. The summed E-state index contributed by atoms with van der Waals surface area (Å²) in [5.41, 5.74) is 2.25. The van der Waals surface area contributed by atoms with Gasteiger partial charge in [-0.15, -0.1) is 0 Å². The molecule has 0 bridgehead atoms. The molecule has 1 aliphatic rings. The van der Waals surface area contributed by atoms with Gasteiger partial charge < -0.3 is 10.2 Å². The number of hydrogen-bond acceptors (Lipinski definition) is 4. The van der Waals surface area contributed by atoms with E-state index in [1.54, 1.807) is 19.1 Å². The molecular formula is C23H23ClN4O2. The van der Waals surface area contributed by atoms with Gasteiger partial charge in [0.2, 0.25) is 5.43 Å². The Hall–Kier alpha value is -3.12. The molecule has 1 aromatic heterocycles. The number of nitrogens with one attached hydrogen (secondary N) is 1. The normalized spacial score (nSPS) is 13.9. The number of benzene rings is 2. The van der Waals surface area contributed by atoms with E-state index in [9.17, 15) is 9.59 Å². The number of hydrogen-bond donors (Lipinski definition) is 1. The van der Waals surface area contributed by atoms with Crippen LogP contribution in [0.4, 0.5) is 11.4 Å². The first-order valence-electron chi connectivity index (χ1n) is 10.1. The van der Waals surface area contributed by atoms with Crippen LogP contribution < -0.4 is 15.6 Å². The average Bonchev–Trinajstić information content (AvgIpc) is 2.75. The molecule has 3 aromatic rings. The van der Waals surface area contributed by atoms with Gasteiger partial charge in [-0.2, -0.15) is 5.10 Å². The highest BCUT2D eigenvalue weighted by Gasteiger charge is 2.20. The van der Waals surface area contributed by atoms with Crippen LogP contribution in [-0.4, -0.2) is 28.8 Å². The molecule has 30 heavy (non-hydrogen) atoms. The second-order valence-electron chi connectivity index (χ2n) is 7.38. The van der Waals surface area contributed by atoms with E-state index in [2.05, 4.69) is 15.3 Å². The molecule has 1 N–H and O–H groups in total. The Labute approximate surface area is 180 Å². The summed E-state index contributed by atoms with van der Waals surface area (Å²) in [7, 11) is 0. The standard InChI is InChI=1S/C23H23ClN4O2/c1-16-15-21(29)22(26-28(16)19-11-5-3-9-17(19)24)23(30)25-18-10-4-6-12-20(18)27-13-7-2-8-14-27/h3-6,9-12,15H,2,7-8,13-14H2,1H3,(H,25,30). The lowest BCUT2D eigenvalue weighted by molar-refractivity contribution is 0.101. The van der Waals surface area contributed by atoms with E-state index in [-0.39, 0.29) is 5.69 Å². The lowest BCUT2D eigenvalue weighted by Crippen LogP contribution is -2.31. The van der Waals surface area contributed by atoms with E-state index in [4.69, 9.17) is 11.6 Å². The summed E-state index contributed by atoms with van der Waals surface area (Å²) in [6, 6.07) is 16.2.